The molecule has 3 heteroatoms. The molecule has 2 aromatic carbocycles. The molecule has 3 nitrogen and oxygen atoms in total. The zero-order chi connectivity index (χ0) is 16.9. The maximum atomic E-state index is 4.67. The minimum absolute atomic E-state index is 0.993. The molecule has 126 valence electrons. The molecule has 1 fully saturated rings. The van der Waals surface area contributed by atoms with Gasteiger partial charge in [-0.1, -0.05) is 48.0 Å². The third-order valence-corrected chi connectivity index (χ3v) is 4.79. The van der Waals surface area contributed by atoms with E-state index in [0.29, 0.717) is 0 Å². The van der Waals surface area contributed by atoms with Crippen molar-refractivity contribution in [2.24, 2.45) is 5.10 Å². The smallest absolute Gasteiger partial charge is 0.0545 e. The summed E-state index contributed by atoms with van der Waals surface area (Å²) in [4.78, 5) is 2.53. The maximum Gasteiger partial charge on any atom is 0.0545 e. The first-order valence-corrected chi connectivity index (χ1v) is 8.75. The van der Waals surface area contributed by atoms with Gasteiger partial charge in [0.05, 0.1) is 6.21 Å². The highest BCUT2D eigenvalue weighted by Gasteiger charge is 2.16. The molecule has 2 aromatic rings. The lowest BCUT2D eigenvalue weighted by molar-refractivity contribution is 0.131. The number of benzene rings is 2. The number of hydrogen-bond acceptors (Lipinski definition) is 3. The first kappa shape index (κ1) is 16.7. The normalized spacial score (nSPS) is 16.0. The summed E-state index contributed by atoms with van der Waals surface area (Å²) in [5, 5.41) is 6.85. The lowest BCUT2D eigenvalue weighted by Crippen LogP contribution is -2.43. The minimum Gasteiger partial charge on any atom is -0.295 e. The molecule has 0 atom stereocenters. The summed E-state index contributed by atoms with van der Waals surface area (Å²) in [5.41, 5.74) is 6.66. The number of nitrogens with zero attached hydrogens (tertiary/aromatic N) is 3. The third-order valence-electron chi connectivity index (χ3n) is 4.79. The molecule has 1 aliphatic heterocycles. The number of hydrazone groups is 1. The van der Waals surface area contributed by atoms with Crippen molar-refractivity contribution >= 4 is 6.21 Å². The topological polar surface area (TPSA) is 18.8 Å². The lowest BCUT2D eigenvalue weighted by Gasteiger charge is -2.33. The zero-order valence-corrected chi connectivity index (χ0v) is 15.0. The van der Waals surface area contributed by atoms with Crippen molar-refractivity contribution in [2.45, 2.75) is 27.3 Å². The highest BCUT2D eigenvalue weighted by Crippen LogP contribution is 2.14. The van der Waals surface area contributed by atoms with Gasteiger partial charge in [-0.3, -0.25) is 9.91 Å². The van der Waals surface area contributed by atoms with Crippen LogP contribution in [-0.2, 0) is 6.54 Å². The summed E-state index contributed by atoms with van der Waals surface area (Å²) in [5.74, 6) is 0. The molecule has 3 rings (SSSR count). The van der Waals surface area contributed by atoms with Gasteiger partial charge in [-0.2, -0.15) is 5.10 Å². The van der Waals surface area contributed by atoms with Gasteiger partial charge in [0.2, 0.25) is 0 Å². The maximum absolute atomic E-state index is 4.67. The van der Waals surface area contributed by atoms with E-state index in [9.17, 15) is 0 Å². The molecule has 24 heavy (non-hydrogen) atoms. The van der Waals surface area contributed by atoms with E-state index in [0.717, 1.165) is 32.7 Å². The van der Waals surface area contributed by atoms with Crippen LogP contribution >= 0.6 is 0 Å². The largest absolute Gasteiger partial charge is 0.295 e. The fraction of sp³-hybridized carbons (Fsp3) is 0.381. The molecule has 0 N–H and O–H groups in total. The fourth-order valence-electron chi connectivity index (χ4n) is 3.15. The molecule has 0 radical (unpaired) electrons. The molecule has 1 heterocycles. The highest BCUT2D eigenvalue weighted by atomic mass is 15.5. The Bertz CT molecular complexity index is 713. The molecular weight excluding hydrogens is 294 g/mol. The van der Waals surface area contributed by atoms with E-state index in [4.69, 9.17) is 0 Å². The standard InChI is InChI=1S/C21H27N3/c1-17-8-9-21(19(3)14-17)16-23-10-12-24(13-11-23)22-15-20-7-5-4-6-18(20)2/h4-9,14-15H,10-13,16H2,1-3H3. The van der Waals surface area contributed by atoms with Crippen LogP contribution in [0.1, 0.15) is 27.8 Å². The van der Waals surface area contributed by atoms with Gasteiger partial charge in [-0.05, 0) is 43.0 Å². The van der Waals surface area contributed by atoms with Crippen LogP contribution < -0.4 is 0 Å². The molecule has 0 aliphatic carbocycles. The molecule has 0 spiro atoms. The van der Waals surface area contributed by atoms with Crippen LogP contribution in [0.5, 0.6) is 0 Å². The average Bonchev–Trinajstić information content (AvgIpc) is 2.58. The molecule has 1 saturated heterocycles. The summed E-state index contributed by atoms with van der Waals surface area (Å²) < 4.78 is 0. The van der Waals surface area contributed by atoms with Gasteiger partial charge in [-0.15, -0.1) is 0 Å². The lowest BCUT2D eigenvalue weighted by atomic mass is 10.1. The Hall–Kier alpha value is -2.13. The van der Waals surface area contributed by atoms with Crippen LogP contribution in [0.15, 0.2) is 47.6 Å². The van der Waals surface area contributed by atoms with E-state index in [-0.39, 0.29) is 0 Å². The summed E-state index contributed by atoms with van der Waals surface area (Å²) in [7, 11) is 0. The summed E-state index contributed by atoms with van der Waals surface area (Å²) in [6, 6.07) is 15.1. The number of piperazine rings is 1. The Balaban J connectivity index is 1.53. The molecule has 0 amide bonds. The van der Waals surface area contributed by atoms with Gasteiger partial charge < -0.3 is 0 Å². The van der Waals surface area contributed by atoms with Crippen molar-refractivity contribution in [3.63, 3.8) is 0 Å². The van der Waals surface area contributed by atoms with Gasteiger partial charge in [0.25, 0.3) is 0 Å². The second-order valence-electron chi connectivity index (χ2n) is 6.76. The summed E-state index contributed by atoms with van der Waals surface area (Å²) >= 11 is 0. The predicted octanol–water partition coefficient (Wildman–Crippen LogP) is 3.76. The van der Waals surface area contributed by atoms with E-state index < -0.39 is 0 Å². The van der Waals surface area contributed by atoms with Crippen molar-refractivity contribution in [2.75, 3.05) is 26.2 Å². The van der Waals surface area contributed by atoms with Crippen LogP contribution in [0.3, 0.4) is 0 Å². The van der Waals surface area contributed by atoms with Crippen LogP contribution in [0.2, 0.25) is 0 Å². The van der Waals surface area contributed by atoms with Gasteiger partial charge in [0.15, 0.2) is 0 Å². The quantitative estimate of drug-likeness (QED) is 0.799. The SMILES string of the molecule is Cc1ccc(CN2CCN(N=Cc3ccccc3C)CC2)c(C)c1. The van der Waals surface area contributed by atoms with Crippen molar-refractivity contribution in [3.05, 3.63) is 70.3 Å². The second kappa shape index (κ2) is 7.63. The van der Waals surface area contributed by atoms with Gasteiger partial charge in [0, 0.05) is 32.7 Å². The second-order valence-corrected chi connectivity index (χ2v) is 6.76. The van der Waals surface area contributed by atoms with Crippen molar-refractivity contribution in [1.82, 2.24) is 9.91 Å². The number of hydrogen-bond donors (Lipinski definition) is 0. The zero-order valence-electron chi connectivity index (χ0n) is 15.0. The molecule has 1 aliphatic rings. The highest BCUT2D eigenvalue weighted by molar-refractivity contribution is 5.81. The van der Waals surface area contributed by atoms with Crippen LogP contribution in [0.4, 0.5) is 0 Å². The fourth-order valence-corrected chi connectivity index (χ4v) is 3.15. The third kappa shape index (κ3) is 4.24. The molecule has 0 saturated carbocycles. The Morgan fingerprint density at radius 1 is 0.917 bits per heavy atom. The van der Waals surface area contributed by atoms with E-state index in [1.807, 2.05) is 6.21 Å². The number of rotatable bonds is 4. The van der Waals surface area contributed by atoms with Crippen LogP contribution in [-0.4, -0.2) is 42.3 Å². The van der Waals surface area contributed by atoms with Gasteiger partial charge in [0.1, 0.15) is 0 Å². The van der Waals surface area contributed by atoms with E-state index in [1.165, 1.54) is 27.8 Å². The molecule has 0 aromatic heterocycles. The van der Waals surface area contributed by atoms with E-state index in [2.05, 4.69) is 78.2 Å². The first-order chi connectivity index (χ1) is 11.6. The predicted molar refractivity (Wildman–Crippen MR) is 102 cm³/mol. The minimum atomic E-state index is 0.993. The van der Waals surface area contributed by atoms with Gasteiger partial charge >= 0.3 is 0 Å². The summed E-state index contributed by atoms with van der Waals surface area (Å²) in [6.45, 7) is 11.7. The Kier molecular flexibility index (Phi) is 5.31. The Morgan fingerprint density at radius 3 is 2.38 bits per heavy atom. The Morgan fingerprint density at radius 2 is 1.67 bits per heavy atom. The van der Waals surface area contributed by atoms with Crippen LogP contribution in [0, 0.1) is 20.8 Å². The Labute approximate surface area is 145 Å². The van der Waals surface area contributed by atoms with Crippen molar-refractivity contribution in [1.29, 1.82) is 0 Å². The van der Waals surface area contributed by atoms with Crippen LogP contribution in [0.25, 0.3) is 0 Å². The van der Waals surface area contributed by atoms with E-state index in [1.54, 1.807) is 0 Å². The molecular formula is C21H27N3. The molecule has 0 unspecified atom stereocenters. The molecule has 0 bridgehead atoms. The van der Waals surface area contributed by atoms with Crippen molar-refractivity contribution < 1.29 is 0 Å². The van der Waals surface area contributed by atoms with Crippen molar-refractivity contribution in [3.8, 4) is 0 Å². The number of aryl methyl sites for hydroxylation is 3. The first-order valence-electron chi connectivity index (χ1n) is 8.75. The average molecular weight is 321 g/mol. The van der Waals surface area contributed by atoms with Gasteiger partial charge in [-0.25, -0.2) is 0 Å². The summed E-state index contributed by atoms with van der Waals surface area (Å²) in [6.07, 6.45) is 2.00. The van der Waals surface area contributed by atoms with E-state index >= 15 is 0 Å². The monoisotopic (exact) mass is 321 g/mol.